The summed E-state index contributed by atoms with van der Waals surface area (Å²) in [7, 11) is 0. The maximum absolute atomic E-state index is 12.3. The van der Waals surface area contributed by atoms with Gasteiger partial charge in [-0.3, -0.25) is 4.79 Å². The third-order valence-corrected chi connectivity index (χ3v) is 2.64. The van der Waals surface area contributed by atoms with Crippen molar-refractivity contribution in [3.05, 3.63) is 27.5 Å². The lowest BCUT2D eigenvalue weighted by atomic mass is 10.1. The first-order chi connectivity index (χ1) is 6.43. The van der Waals surface area contributed by atoms with Gasteiger partial charge in [0, 0.05) is 5.56 Å². The van der Waals surface area contributed by atoms with E-state index in [4.69, 9.17) is 11.6 Å². The van der Waals surface area contributed by atoms with E-state index < -0.39 is 17.4 Å². The number of pyridine rings is 1. The molecule has 1 aromatic rings. The first kappa shape index (κ1) is 11.5. The van der Waals surface area contributed by atoms with Crippen molar-refractivity contribution in [2.24, 2.45) is 0 Å². The lowest BCUT2D eigenvalue weighted by Gasteiger charge is -2.06. The molecule has 2 nitrogen and oxygen atoms in total. The first-order valence-electron chi connectivity index (χ1n) is 3.58. The minimum Gasteiger partial charge on any atom is -0.276 e. The zero-order valence-corrected chi connectivity index (χ0v) is 9.36. The number of rotatable bonds is 2. The fraction of sp³-hybridized carbons (Fsp3) is 0.250. The van der Waals surface area contributed by atoms with Crippen molar-refractivity contribution < 1.29 is 13.6 Å². The Morgan fingerprint density at radius 3 is 2.64 bits per heavy atom. The molecule has 0 aromatic carbocycles. The maximum atomic E-state index is 12.3. The Morgan fingerprint density at radius 2 is 2.21 bits per heavy atom. The van der Waals surface area contributed by atoms with Crippen LogP contribution in [-0.2, 0) is 0 Å². The number of nitrogens with zero attached hydrogens (tertiary/aromatic N) is 1. The molecule has 14 heavy (non-hydrogen) atoms. The fourth-order valence-electron chi connectivity index (χ4n) is 0.913. The minimum atomic E-state index is -2.72. The van der Waals surface area contributed by atoms with Crippen LogP contribution in [0, 0.1) is 6.92 Å². The van der Waals surface area contributed by atoms with Crippen LogP contribution in [0.2, 0.25) is 0 Å². The summed E-state index contributed by atoms with van der Waals surface area (Å²) in [5, 5.41) is -0.771. The van der Waals surface area contributed by atoms with Gasteiger partial charge in [0.25, 0.3) is 11.7 Å². The quantitative estimate of drug-likeness (QED) is 0.615. The molecular formula is C8H5BrClF2NO. The number of carbonyl (C=O) groups excluding carboxylic acids is 1. The predicted molar refractivity (Wildman–Crippen MR) is 51.8 cm³/mol. The van der Waals surface area contributed by atoms with E-state index in [0.717, 1.165) is 6.07 Å². The van der Waals surface area contributed by atoms with Gasteiger partial charge in [-0.2, -0.15) is 0 Å². The van der Waals surface area contributed by atoms with Crippen LogP contribution in [0.25, 0.3) is 0 Å². The Bertz CT molecular complexity index is 384. The highest BCUT2D eigenvalue weighted by Crippen LogP contribution is 2.25. The van der Waals surface area contributed by atoms with E-state index in [1.807, 2.05) is 0 Å². The molecule has 0 saturated carbocycles. The standard InChI is InChI=1S/C8H5BrClF2NO/c1-3-4(7(10)14)2-5(8(11)12)13-6(3)9/h2,8H,1H3. The fourth-order valence-corrected chi connectivity index (χ4v) is 1.53. The van der Waals surface area contributed by atoms with Crippen molar-refractivity contribution >= 4 is 32.8 Å². The SMILES string of the molecule is Cc1c(C(=O)Cl)cc(C(F)F)nc1Br. The second-order valence-electron chi connectivity index (χ2n) is 2.58. The van der Waals surface area contributed by atoms with Gasteiger partial charge < -0.3 is 0 Å². The summed E-state index contributed by atoms with van der Waals surface area (Å²) >= 11 is 8.20. The summed E-state index contributed by atoms with van der Waals surface area (Å²) in [6.45, 7) is 1.57. The molecule has 0 unspecified atom stereocenters. The normalized spacial score (nSPS) is 10.7. The molecular weight excluding hydrogens is 279 g/mol. The van der Waals surface area contributed by atoms with E-state index in [1.165, 1.54) is 0 Å². The van der Waals surface area contributed by atoms with Crippen LogP contribution in [0.15, 0.2) is 10.7 Å². The third-order valence-electron chi connectivity index (χ3n) is 1.67. The van der Waals surface area contributed by atoms with Crippen LogP contribution in [-0.4, -0.2) is 10.2 Å². The average molecular weight is 284 g/mol. The number of hydrogen-bond donors (Lipinski definition) is 0. The second kappa shape index (κ2) is 4.31. The van der Waals surface area contributed by atoms with Gasteiger partial charge in [0.1, 0.15) is 10.3 Å². The molecule has 1 aromatic heterocycles. The van der Waals surface area contributed by atoms with E-state index in [2.05, 4.69) is 20.9 Å². The highest BCUT2D eigenvalue weighted by Gasteiger charge is 2.16. The molecule has 0 bridgehead atoms. The lowest BCUT2D eigenvalue weighted by Crippen LogP contribution is -2.01. The molecule has 76 valence electrons. The Morgan fingerprint density at radius 1 is 1.64 bits per heavy atom. The molecule has 0 saturated heterocycles. The molecule has 0 aliphatic heterocycles. The van der Waals surface area contributed by atoms with E-state index in [0.29, 0.717) is 5.56 Å². The van der Waals surface area contributed by atoms with Crippen LogP contribution in [0.5, 0.6) is 0 Å². The molecule has 0 fully saturated rings. The summed E-state index contributed by atoms with van der Waals surface area (Å²) in [5.74, 6) is 0. The lowest BCUT2D eigenvalue weighted by molar-refractivity contribution is 0.107. The first-order valence-corrected chi connectivity index (χ1v) is 4.75. The molecule has 1 heterocycles. The molecule has 0 amide bonds. The van der Waals surface area contributed by atoms with E-state index >= 15 is 0 Å². The summed E-state index contributed by atoms with van der Waals surface area (Å²) in [6.07, 6.45) is -2.72. The highest BCUT2D eigenvalue weighted by molar-refractivity contribution is 9.10. The van der Waals surface area contributed by atoms with Crippen molar-refractivity contribution in [3.8, 4) is 0 Å². The average Bonchev–Trinajstić information content (AvgIpc) is 2.08. The predicted octanol–water partition coefficient (Wildman–Crippen LogP) is 3.47. The van der Waals surface area contributed by atoms with Crippen LogP contribution in [0.1, 0.15) is 28.0 Å². The number of alkyl halides is 2. The molecule has 0 radical (unpaired) electrons. The zero-order valence-electron chi connectivity index (χ0n) is 7.02. The number of carbonyl (C=O) groups is 1. The van der Waals surface area contributed by atoms with Crippen molar-refractivity contribution in [2.75, 3.05) is 0 Å². The van der Waals surface area contributed by atoms with Gasteiger partial charge in [-0.05, 0) is 46.1 Å². The molecule has 1 rings (SSSR count). The summed E-state index contributed by atoms with van der Waals surface area (Å²) in [5.41, 5.74) is 0.0321. The summed E-state index contributed by atoms with van der Waals surface area (Å²) in [6, 6.07) is 1.00. The van der Waals surface area contributed by atoms with E-state index in [9.17, 15) is 13.6 Å². The van der Waals surface area contributed by atoms with Crippen molar-refractivity contribution in [3.63, 3.8) is 0 Å². The molecule has 6 heteroatoms. The van der Waals surface area contributed by atoms with Crippen molar-refractivity contribution in [1.29, 1.82) is 0 Å². The van der Waals surface area contributed by atoms with Gasteiger partial charge in [0.05, 0.1) is 0 Å². The van der Waals surface area contributed by atoms with Crippen LogP contribution < -0.4 is 0 Å². The number of halogens is 4. The van der Waals surface area contributed by atoms with Crippen molar-refractivity contribution in [2.45, 2.75) is 13.3 Å². The largest absolute Gasteiger partial charge is 0.280 e. The van der Waals surface area contributed by atoms with Gasteiger partial charge in [-0.15, -0.1) is 0 Å². The van der Waals surface area contributed by atoms with Gasteiger partial charge in [-0.1, -0.05) is 0 Å². The summed E-state index contributed by atoms with van der Waals surface area (Å²) in [4.78, 5) is 14.4. The smallest absolute Gasteiger partial charge is 0.276 e. The topological polar surface area (TPSA) is 30.0 Å². The Balaban J connectivity index is 3.35. The van der Waals surface area contributed by atoms with Gasteiger partial charge in [0.15, 0.2) is 0 Å². The van der Waals surface area contributed by atoms with Gasteiger partial charge in [0.2, 0.25) is 0 Å². The molecule has 0 aliphatic rings. The van der Waals surface area contributed by atoms with E-state index in [-0.39, 0.29) is 10.2 Å². The van der Waals surface area contributed by atoms with Gasteiger partial charge >= 0.3 is 0 Å². The second-order valence-corrected chi connectivity index (χ2v) is 3.68. The number of aromatic nitrogens is 1. The van der Waals surface area contributed by atoms with E-state index in [1.54, 1.807) is 6.92 Å². The monoisotopic (exact) mass is 283 g/mol. The highest BCUT2D eigenvalue weighted by atomic mass is 79.9. The van der Waals surface area contributed by atoms with Gasteiger partial charge in [-0.25, -0.2) is 13.8 Å². The third kappa shape index (κ3) is 2.27. The van der Waals surface area contributed by atoms with Crippen LogP contribution in [0.3, 0.4) is 0 Å². The Hall–Kier alpha value is -0.550. The Labute approximate surface area is 92.4 Å². The molecule has 0 aliphatic carbocycles. The van der Waals surface area contributed by atoms with Crippen LogP contribution in [0.4, 0.5) is 8.78 Å². The summed E-state index contributed by atoms with van der Waals surface area (Å²) < 4.78 is 24.8. The molecule has 0 spiro atoms. The molecule has 0 N–H and O–H groups in total. The van der Waals surface area contributed by atoms with Crippen molar-refractivity contribution in [1.82, 2.24) is 4.98 Å². The van der Waals surface area contributed by atoms with Crippen LogP contribution >= 0.6 is 27.5 Å². The molecule has 0 atom stereocenters. The minimum absolute atomic E-state index is 0.0452. The maximum Gasteiger partial charge on any atom is 0.280 e. The number of hydrogen-bond acceptors (Lipinski definition) is 2. The Kier molecular flexibility index (Phi) is 3.55. The zero-order chi connectivity index (χ0) is 10.9.